The summed E-state index contributed by atoms with van der Waals surface area (Å²) >= 11 is 0. The van der Waals surface area contributed by atoms with Gasteiger partial charge in [0.25, 0.3) is 0 Å². The molecule has 2 aliphatic carbocycles. The normalized spacial score (nSPS) is 24.4. The molecule has 2 saturated carbocycles. The molecule has 0 radical (unpaired) electrons. The van der Waals surface area contributed by atoms with Crippen molar-refractivity contribution in [1.82, 2.24) is 0 Å². The van der Waals surface area contributed by atoms with Crippen molar-refractivity contribution in [3.8, 4) is 5.75 Å². The molecule has 2 fully saturated rings. The Morgan fingerprint density at radius 1 is 1.32 bits per heavy atom. The van der Waals surface area contributed by atoms with E-state index >= 15 is 0 Å². The van der Waals surface area contributed by atoms with E-state index in [9.17, 15) is 13.2 Å². The number of benzene rings is 1. The zero-order valence-electron chi connectivity index (χ0n) is 11.6. The van der Waals surface area contributed by atoms with Crippen molar-refractivity contribution in [2.24, 2.45) is 22.6 Å². The SMILES string of the molecule is I.NC(=N[C@@H]1C[C@H]1C1CC1)Nc1cccc(OC(F)(F)F)c1. The first kappa shape index (κ1) is 17.2. The Labute approximate surface area is 143 Å². The van der Waals surface area contributed by atoms with Crippen molar-refractivity contribution >= 4 is 35.6 Å². The number of nitrogens with two attached hydrogens (primary N) is 1. The van der Waals surface area contributed by atoms with Gasteiger partial charge in [-0.05, 0) is 43.2 Å². The van der Waals surface area contributed by atoms with Gasteiger partial charge in [0.2, 0.25) is 0 Å². The van der Waals surface area contributed by atoms with Crippen LogP contribution in [0.1, 0.15) is 19.3 Å². The molecule has 3 N–H and O–H groups in total. The van der Waals surface area contributed by atoms with Crippen LogP contribution in [0.25, 0.3) is 0 Å². The van der Waals surface area contributed by atoms with Crippen LogP contribution in [0.3, 0.4) is 0 Å². The maximum absolute atomic E-state index is 12.1. The lowest BCUT2D eigenvalue weighted by Gasteiger charge is -2.11. The molecule has 0 aliphatic heterocycles. The maximum Gasteiger partial charge on any atom is 0.573 e. The van der Waals surface area contributed by atoms with Gasteiger partial charge in [0.05, 0.1) is 6.04 Å². The molecule has 2 aliphatic rings. The summed E-state index contributed by atoms with van der Waals surface area (Å²) in [5.41, 5.74) is 6.20. The van der Waals surface area contributed by atoms with E-state index in [0.717, 1.165) is 12.3 Å². The van der Waals surface area contributed by atoms with E-state index in [1.807, 2.05) is 0 Å². The van der Waals surface area contributed by atoms with Gasteiger partial charge in [-0.3, -0.25) is 0 Å². The third-order valence-corrected chi connectivity index (χ3v) is 3.68. The zero-order chi connectivity index (χ0) is 15.0. The van der Waals surface area contributed by atoms with Gasteiger partial charge in [0.1, 0.15) is 5.75 Å². The number of rotatable bonds is 4. The lowest BCUT2D eigenvalue weighted by Crippen LogP contribution is -2.23. The lowest BCUT2D eigenvalue weighted by atomic mass is 10.3. The molecule has 0 heterocycles. The Bertz CT molecular complexity index is 561. The Morgan fingerprint density at radius 2 is 2.05 bits per heavy atom. The first-order valence-corrected chi connectivity index (χ1v) is 6.87. The highest BCUT2D eigenvalue weighted by molar-refractivity contribution is 14.0. The van der Waals surface area contributed by atoms with Gasteiger partial charge in [-0.25, -0.2) is 4.99 Å². The van der Waals surface area contributed by atoms with Crippen molar-refractivity contribution < 1.29 is 17.9 Å². The van der Waals surface area contributed by atoms with E-state index < -0.39 is 6.36 Å². The van der Waals surface area contributed by atoms with Crippen LogP contribution < -0.4 is 15.8 Å². The number of guanidine groups is 1. The number of anilines is 1. The van der Waals surface area contributed by atoms with E-state index in [0.29, 0.717) is 11.6 Å². The van der Waals surface area contributed by atoms with Gasteiger partial charge < -0.3 is 15.8 Å². The standard InChI is InChI=1S/C14H16F3N3O.HI/c15-14(16,17)21-10-3-1-2-9(6-10)19-13(18)20-12-7-11(12)8-4-5-8;/h1-3,6,8,11-12H,4-5,7H2,(H3,18,19,20);1H/t11-,12+;/m0./s1. The molecule has 0 bridgehead atoms. The van der Waals surface area contributed by atoms with E-state index in [-0.39, 0.29) is 41.7 Å². The average molecular weight is 427 g/mol. The number of hydrogen-bond donors (Lipinski definition) is 2. The third kappa shape index (κ3) is 4.92. The number of nitrogens with zero attached hydrogens (tertiary/aromatic N) is 1. The fourth-order valence-corrected chi connectivity index (χ4v) is 2.51. The molecule has 122 valence electrons. The molecule has 0 saturated heterocycles. The fraction of sp³-hybridized carbons (Fsp3) is 0.500. The number of nitrogens with one attached hydrogen (secondary N) is 1. The number of aliphatic imine (C=N–C) groups is 1. The molecule has 8 heteroatoms. The quantitative estimate of drug-likeness (QED) is 0.438. The molecule has 22 heavy (non-hydrogen) atoms. The van der Waals surface area contributed by atoms with Crippen molar-refractivity contribution in [2.45, 2.75) is 31.7 Å². The molecule has 0 amide bonds. The largest absolute Gasteiger partial charge is 0.573 e. The third-order valence-electron chi connectivity index (χ3n) is 3.68. The second-order valence-electron chi connectivity index (χ2n) is 5.52. The van der Waals surface area contributed by atoms with Crippen LogP contribution >= 0.6 is 24.0 Å². The van der Waals surface area contributed by atoms with E-state index in [2.05, 4.69) is 15.0 Å². The van der Waals surface area contributed by atoms with Gasteiger partial charge >= 0.3 is 6.36 Å². The Hall–Kier alpha value is -1.19. The molecule has 4 nitrogen and oxygen atoms in total. The summed E-state index contributed by atoms with van der Waals surface area (Å²) in [6, 6.07) is 5.80. The molecular formula is C14H17F3IN3O. The number of alkyl halides is 3. The topological polar surface area (TPSA) is 59.6 Å². The summed E-state index contributed by atoms with van der Waals surface area (Å²) in [6.07, 6.45) is -1.09. The van der Waals surface area contributed by atoms with Gasteiger partial charge in [0, 0.05) is 11.8 Å². The highest BCUT2D eigenvalue weighted by Crippen LogP contribution is 2.51. The molecule has 2 atom stereocenters. The van der Waals surface area contributed by atoms with Crippen molar-refractivity contribution in [3.63, 3.8) is 0 Å². The highest BCUT2D eigenvalue weighted by atomic mass is 127. The molecule has 0 unspecified atom stereocenters. The van der Waals surface area contributed by atoms with Gasteiger partial charge in [-0.15, -0.1) is 37.1 Å². The molecule has 0 spiro atoms. The van der Waals surface area contributed by atoms with Crippen LogP contribution in [0.2, 0.25) is 0 Å². The first-order valence-electron chi connectivity index (χ1n) is 6.87. The lowest BCUT2D eigenvalue weighted by molar-refractivity contribution is -0.274. The average Bonchev–Trinajstić information content (AvgIpc) is 3.20. The summed E-state index contributed by atoms with van der Waals surface area (Å²) in [5, 5.41) is 2.80. The maximum atomic E-state index is 12.1. The van der Waals surface area contributed by atoms with Crippen molar-refractivity contribution in [1.29, 1.82) is 0 Å². The smallest absolute Gasteiger partial charge is 0.406 e. The molecule has 3 rings (SSSR count). The first-order chi connectivity index (χ1) is 9.90. The van der Waals surface area contributed by atoms with E-state index in [4.69, 9.17) is 5.73 Å². The second kappa shape index (κ2) is 6.51. The van der Waals surface area contributed by atoms with Crippen LogP contribution in [0.15, 0.2) is 29.3 Å². The summed E-state index contributed by atoms with van der Waals surface area (Å²) in [5.74, 6) is 1.38. The van der Waals surface area contributed by atoms with Gasteiger partial charge in [-0.2, -0.15) is 0 Å². The molecule has 1 aromatic rings. The summed E-state index contributed by atoms with van der Waals surface area (Å²) in [4.78, 5) is 4.35. The Morgan fingerprint density at radius 3 is 2.68 bits per heavy atom. The number of ether oxygens (including phenoxy) is 1. The summed E-state index contributed by atoms with van der Waals surface area (Å²) in [6.45, 7) is 0. The zero-order valence-corrected chi connectivity index (χ0v) is 14.0. The van der Waals surface area contributed by atoms with Crippen molar-refractivity contribution in [3.05, 3.63) is 24.3 Å². The van der Waals surface area contributed by atoms with Crippen LogP contribution in [-0.4, -0.2) is 18.4 Å². The van der Waals surface area contributed by atoms with E-state index in [1.165, 1.54) is 31.0 Å². The summed E-state index contributed by atoms with van der Waals surface area (Å²) in [7, 11) is 0. The minimum atomic E-state index is -4.70. The fourth-order valence-electron chi connectivity index (χ4n) is 2.51. The molecule has 0 aromatic heterocycles. The highest BCUT2D eigenvalue weighted by Gasteiger charge is 2.47. The molecular weight excluding hydrogens is 410 g/mol. The molecule has 1 aromatic carbocycles. The Kier molecular flexibility index (Phi) is 5.08. The predicted molar refractivity (Wildman–Crippen MR) is 88.4 cm³/mol. The van der Waals surface area contributed by atoms with Crippen LogP contribution in [-0.2, 0) is 0 Å². The van der Waals surface area contributed by atoms with Crippen molar-refractivity contribution in [2.75, 3.05) is 5.32 Å². The summed E-state index contributed by atoms with van der Waals surface area (Å²) < 4.78 is 40.3. The van der Waals surface area contributed by atoms with Crippen LogP contribution in [0, 0.1) is 11.8 Å². The second-order valence-corrected chi connectivity index (χ2v) is 5.52. The predicted octanol–water partition coefficient (Wildman–Crippen LogP) is 3.73. The van der Waals surface area contributed by atoms with Crippen LogP contribution in [0.4, 0.5) is 18.9 Å². The van der Waals surface area contributed by atoms with E-state index in [1.54, 1.807) is 6.07 Å². The van der Waals surface area contributed by atoms with Gasteiger partial charge in [0.15, 0.2) is 5.96 Å². The number of halogens is 4. The number of hydrogen-bond acceptors (Lipinski definition) is 2. The minimum absolute atomic E-state index is 0. The van der Waals surface area contributed by atoms with Gasteiger partial charge in [-0.1, -0.05) is 6.07 Å². The Balaban J connectivity index is 0.00000176. The minimum Gasteiger partial charge on any atom is -0.406 e. The van der Waals surface area contributed by atoms with Crippen LogP contribution in [0.5, 0.6) is 5.75 Å². The monoisotopic (exact) mass is 427 g/mol.